The third kappa shape index (κ3) is 2.33. The topological polar surface area (TPSA) is 56.1 Å². The number of nitrogens with zero attached hydrogens (tertiary/aromatic N) is 2. The second-order valence-corrected chi connectivity index (χ2v) is 4.82. The number of para-hydroxylation sites is 2. The Labute approximate surface area is 111 Å². The molecule has 1 fully saturated rings. The van der Waals surface area contributed by atoms with Crippen molar-refractivity contribution >= 4 is 16.9 Å². The number of carbonyl (C=O) groups is 1. The van der Waals surface area contributed by atoms with Crippen LogP contribution in [-0.2, 0) is 0 Å². The molecule has 1 aliphatic rings. The summed E-state index contributed by atoms with van der Waals surface area (Å²) in [5.41, 5.74) is 1.59. The summed E-state index contributed by atoms with van der Waals surface area (Å²) in [4.78, 5) is 16.2. The van der Waals surface area contributed by atoms with Crippen molar-refractivity contribution in [1.29, 1.82) is 0 Å². The molecule has 1 aromatic heterocycles. The van der Waals surface area contributed by atoms with Gasteiger partial charge in [-0.1, -0.05) is 12.1 Å². The number of imidazole rings is 1. The molecule has 0 saturated carbocycles. The van der Waals surface area contributed by atoms with Crippen LogP contribution in [0.4, 0.5) is 0 Å². The number of hydrogen-bond donors (Lipinski definition) is 1. The van der Waals surface area contributed by atoms with Crippen molar-refractivity contribution in [2.45, 2.75) is 25.9 Å². The van der Waals surface area contributed by atoms with Gasteiger partial charge in [-0.05, 0) is 31.5 Å². The van der Waals surface area contributed by atoms with E-state index in [2.05, 4.69) is 10.3 Å². The standard InChI is InChI=1S/C14H17N3O2/c1-10(18)17-13-7-3-2-6-12(13)16-14(17)19-11-5-4-8-15-9-11/h2-3,6-7,11,15H,4-5,8-9H2,1H3. The molecule has 0 radical (unpaired) electrons. The predicted octanol–water partition coefficient (Wildman–Crippen LogP) is 1.83. The Balaban J connectivity index is 1.97. The number of piperidine rings is 1. The van der Waals surface area contributed by atoms with E-state index in [1.165, 1.54) is 6.92 Å². The van der Waals surface area contributed by atoms with Gasteiger partial charge < -0.3 is 10.1 Å². The minimum atomic E-state index is -0.0764. The van der Waals surface area contributed by atoms with E-state index in [4.69, 9.17) is 4.74 Å². The lowest BCUT2D eigenvalue weighted by molar-refractivity contribution is 0.0903. The summed E-state index contributed by atoms with van der Waals surface area (Å²) in [6.45, 7) is 3.37. The van der Waals surface area contributed by atoms with Gasteiger partial charge in [-0.15, -0.1) is 0 Å². The van der Waals surface area contributed by atoms with Crippen LogP contribution in [0.5, 0.6) is 6.01 Å². The number of carbonyl (C=O) groups excluding carboxylic acids is 1. The van der Waals surface area contributed by atoms with Crippen molar-refractivity contribution in [2.75, 3.05) is 13.1 Å². The molecule has 1 atom stereocenters. The monoisotopic (exact) mass is 259 g/mol. The molecular formula is C14H17N3O2. The first-order valence-electron chi connectivity index (χ1n) is 6.61. The molecule has 1 saturated heterocycles. The van der Waals surface area contributed by atoms with E-state index in [0.717, 1.165) is 37.0 Å². The largest absolute Gasteiger partial charge is 0.460 e. The van der Waals surface area contributed by atoms with Gasteiger partial charge >= 0.3 is 6.01 Å². The number of benzene rings is 1. The molecule has 19 heavy (non-hydrogen) atoms. The summed E-state index contributed by atoms with van der Waals surface area (Å²) in [6, 6.07) is 7.99. The molecule has 2 aromatic rings. The van der Waals surface area contributed by atoms with Crippen molar-refractivity contribution in [3.8, 4) is 6.01 Å². The quantitative estimate of drug-likeness (QED) is 0.894. The van der Waals surface area contributed by atoms with Gasteiger partial charge in [0.05, 0.1) is 11.0 Å². The molecule has 1 aliphatic heterocycles. The zero-order chi connectivity index (χ0) is 13.2. The maximum atomic E-state index is 11.8. The molecular weight excluding hydrogens is 242 g/mol. The van der Waals surface area contributed by atoms with E-state index in [1.807, 2.05) is 24.3 Å². The van der Waals surface area contributed by atoms with Crippen LogP contribution in [0.2, 0.25) is 0 Å². The number of fused-ring (bicyclic) bond motifs is 1. The molecule has 5 nitrogen and oxygen atoms in total. The number of aromatic nitrogens is 2. The molecule has 0 amide bonds. The fourth-order valence-corrected chi connectivity index (χ4v) is 2.46. The Morgan fingerprint density at radius 1 is 1.47 bits per heavy atom. The van der Waals surface area contributed by atoms with E-state index in [-0.39, 0.29) is 12.0 Å². The number of rotatable bonds is 2. The molecule has 3 rings (SSSR count). The Kier molecular flexibility index (Phi) is 3.21. The van der Waals surface area contributed by atoms with Gasteiger partial charge in [0.25, 0.3) is 0 Å². The van der Waals surface area contributed by atoms with Crippen LogP contribution < -0.4 is 10.1 Å². The molecule has 1 N–H and O–H groups in total. The van der Waals surface area contributed by atoms with Crippen LogP contribution in [0.1, 0.15) is 24.6 Å². The first kappa shape index (κ1) is 12.2. The van der Waals surface area contributed by atoms with Crippen molar-refractivity contribution in [3.05, 3.63) is 24.3 Å². The maximum Gasteiger partial charge on any atom is 0.304 e. The summed E-state index contributed by atoms with van der Waals surface area (Å²) in [5.74, 6) is -0.0764. The lowest BCUT2D eigenvalue weighted by Crippen LogP contribution is -2.37. The molecule has 100 valence electrons. The molecule has 0 bridgehead atoms. The summed E-state index contributed by atoms with van der Waals surface area (Å²) in [5, 5.41) is 3.29. The van der Waals surface area contributed by atoms with E-state index >= 15 is 0 Å². The van der Waals surface area contributed by atoms with E-state index < -0.39 is 0 Å². The third-order valence-electron chi connectivity index (χ3n) is 3.37. The van der Waals surface area contributed by atoms with Crippen LogP contribution in [0.3, 0.4) is 0 Å². The van der Waals surface area contributed by atoms with Gasteiger partial charge in [0, 0.05) is 13.5 Å². The smallest absolute Gasteiger partial charge is 0.304 e. The van der Waals surface area contributed by atoms with Gasteiger partial charge in [0.2, 0.25) is 5.91 Å². The number of hydrogen-bond acceptors (Lipinski definition) is 4. The summed E-state index contributed by atoms with van der Waals surface area (Å²) < 4.78 is 7.45. The zero-order valence-electron chi connectivity index (χ0n) is 10.9. The van der Waals surface area contributed by atoms with Gasteiger partial charge in [-0.2, -0.15) is 4.98 Å². The molecule has 5 heteroatoms. The molecule has 2 heterocycles. The van der Waals surface area contributed by atoms with Crippen molar-refractivity contribution in [3.63, 3.8) is 0 Å². The molecule has 1 aromatic carbocycles. The Morgan fingerprint density at radius 2 is 2.32 bits per heavy atom. The average molecular weight is 259 g/mol. The van der Waals surface area contributed by atoms with Crippen molar-refractivity contribution < 1.29 is 9.53 Å². The molecule has 0 aliphatic carbocycles. The fraction of sp³-hybridized carbons (Fsp3) is 0.429. The second kappa shape index (κ2) is 5.01. The Morgan fingerprint density at radius 3 is 3.05 bits per heavy atom. The van der Waals surface area contributed by atoms with Gasteiger partial charge in [-0.3, -0.25) is 4.79 Å². The highest BCUT2D eigenvalue weighted by molar-refractivity contribution is 5.90. The predicted molar refractivity (Wildman–Crippen MR) is 72.6 cm³/mol. The minimum Gasteiger partial charge on any atom is -0.460 e. The van der Waals surface area contributed by atoms with Crippen LogP contribution in [0.15, 0.2) is 24.3 Å². The van der Waals surface area contributed by atoms with E-state index in [0.29, 0.717) is 6.01 Å². The highest BCUT2D eigenvalue weighted by Crippen LogP contribution is 2.23. The molecule has 0 spiro atoms. The highest BCUT2D eigenvalue weighted by Gasteiger charge is 2.20. The van der Waals surface area contributed by atoms with Gasteiger partial charge in [0.1, 0.15) is 6.10 Å². The average Bonchev–Trinajstić information content (AvgIpc) is 2.77. The van der Waals surface area contributed by atoms with Crippen LogP contribution in [0.25, 0.3) is 11.0 Å². The summed E-state index contributed by atoms with van der Waals surface area (Å²) in [6.07, 6.45) is 2.17. The van der Waals surface area contributed by atoms with Crippen molar-refractivity contribution in [1.82, 2.24) is 14.9 Å². The Bertz CT molecular complexity index is 600. The second-order valence-electron chi connectivity index (χ2n) is 4.82. The SMILES string of the molecule is CC(=O)n1c(OC2CCCNC2)nc2ccccc21. The minimum absolute atomic E-state index is 0.0764. The Hall–Kier alpha value is -1.88. The molecule has 1 unspecified atom stereocenters. The van der Waals surface area contributed by atoms with E-state index in [1.54, 1.807) is 4.57 Å². The van der Waals surface area contributed by atoms with Crippen LogP contribution >= 0.6 is 0 Å². The van der Waals surface area contributed by atoms with E-state index in [9.17, 15) is 4.79 Å². The summed E-state index contributed by atoms with van der Waals surface area (Å²) in [7, 11) is 0. The summed E-state index contributed by atoms with van der Waals surface area (Å²) >= 11 is 0. The number of ether oxygens (including phenoxy) is 1. The van der Waals surface area contributed by atoms with Crippen LogP contribution in [-0.4, -0.2) is 34.7 Å². The van der Waals surface area contributed by atoms with Gasteiger partial charge in [-0.25, -0.2) is 4.57 Å². The normalized spacial score (nSPS) is 19.5. The fourth-order valence-electron chi connectivity index (χ4n) is 2.46. The number of nitrogens with one attached hydrogen (secondary N) is 1. The van der Waals surface area contributed by atoms with Crippen LogP contribution in [0, 0.1) is 0 Å². The third-order valence-corrected chi connectivity index (χ3v) is 3.37. The lowest BCUT2D eigenvalue weighted by Gasteiger charge is -2.23. The van der Waals surface area contributed by atoms with Gasteiger partial charge in [0.15, 0.2) is 0 Å². The van der Waals surface area contributed by atoms with Crippen molar-refractivity contribution in [2.24, 2.45) is 0 Å². The maximum absolute atomic E-state index is 11.8. The first-order valence-corrected chi connectivity index (χ1v) is 6.61. The zero-order valence-corrected chi connectivity index (χ0v) is 10.9. The lowest BCUT2D eigenvalue weighted by atomic mass is 10.1. The highest BCUT2D eigenvalue weighted by atomic mass is 16.5. The first-order chi connectivity index (χ1) is 9.25.